The van der Waals surface area contributed by atoms with Crippen molar-refractivity contribution in [3.8, 4) is 5.75 Å². The van der Waals surface area contributed by atoms with Crippen molar-refractivity contribution in [2.75, 3.05) is 0 Å². The number of hydrogen-bond donors (Lipinski definition) is 1. The molecule has 0 aliphatic heterocycles. The van der Waals surface area contributed by atoms with E-state index in [9.17, 15) is 13.9 Å². The van der Waals surface area contributed by atoms with Gasteiger partial charge in [0.15, 0.2) is 0 Å². The molecular formula is C14H21O5S-. The third-order valence-electron chi connectivity index (χ3n) is 2.51. The summed E-state index contributed by atoms with van der Waals surface area (Å²) in [6.07, 6.45) is -1.98. The minimum Gasteiger partial charge on any atom is -0.750 e. The number of benzene rings is 1. The van der Waals surface area contributed by atoms with Crippen molar-refractivity contribution in [2.24, 2.45) is 0 Å². The van der Waals surface area contributed by atoms with Gasteiger partial charge < -0.3 is 14.4 Å². The Morgan fingerprint density at radius 2 is 1.95 bits per heavy atom. The minimum atomic E-state index is -2.72. The maximum absolute atomic E-state index is 10.8. The Bertz CT molecular complexity index is 479. The molecule has 0 spiro atoms. The summed E-state index contributed by atoms with van der Waals surface area (Å²) in [7, 11) is 0. The molecule has 1 aromatic rings. The summed E-state index contributed by atoms with van der Waals surface area (Å²) in [6, 6.07) is 5.32. The summed E-state index contributed by atoms with van der Waals surface area (Å²) in [5, 5.41) is 9.75. The van der Waals surface area contributed by atoms with Gasteiger partial charge in [0.2, 0.25) is 0 Å². The first-order valence-electron chi connectivity index (χ1n) is 6.34. The summed E-state index contributed by atoms with van der Waals surface area (Å²) < 4.78 is 32.2. The normalized spacial score (nSPS) is 16.6. The topological polar surface area (TPSA) is 78.8 Å². The summed E-state index contributed by atoms with van der Waals surface area (Å²) >= 11 is -2.72. The van der Waals surface area contributed by atoms with E-state index in [1.165, 1.54) is 6.92 Å². The molecule has 0 aliphatic carbocycles. The Morgan fingerprint density at radius 1 is 1.35 bits per heavy atom. The van der Waals surface area contributed by atoms with E-state index in [0.717, 1.165) is 5.56 Å². The number of rotatable bonds is 5. The molecule has 1 aromatic carbocycles. The number of ether oxygens (including phenoxy) is 1. The lowest BCUT2D eigenvalue weighted by molar-refractivity contribution is 0.0448. The second-order valence-electron chi connectivity index (χ2n) is 5.72. The van der Waals surface area contributed by atoms with E-state index in [2.05, 4.69) is 0 Å². The smallest absolute Gasteiger partial charge is 0.128 e. The van der Waals surface area contributed by atoms with Crippen LogP contribution in [0.15, 0.2) is 18.2 Å². The van der Waals surface area contributed by atoms with Crippen molar-refractivity contribution in [2.45, 2.75) is 52.4 Å². The average Bonchev–Trinajstić information content (AvgIpc) is 2.24. The van der Waals surface area contributed by atoms with Crippen LogP contribution in [-0.4, -0.2) is 25.6 Å². The van der Waals surface area contributed by atoms with E-state index in [0.29, 0.717) is 11.3 Å². The monoisotopic (exact) mass is 301 g/mol. The second-order valence-corrected chi connectivity index (χ2v) is 6.32. The Labute approximate surface area is 122 Å². The first-order valence-corrected chi connectivity index (χ1v) is 7.34. The van der Waals surface area contributed by atoms with Gasteiger partial charge in [0.05, 0.1) is 17.5 Å². The molecule has 0 saturated carbocycles. The maximum atomic E-state index is 10.8. The molecule has 0 bridgehead atoms. The van der Waals surface area contributed by atoms with Crippen LogP contribution in [-0.2, 0) is 15.5 Å². The number of aryl methyl sites for hydroxylation is 1. The van der Waals surface area contributed by atoms with Crippen LogP contribution in [0.2, 0.25) is 0 Å². The fourth-order valence-electron chi connectivity index (χ4n) is 1.77. The minimum absolute atomic E-state index is 0.442. The van der Waals surface area contributed by atoms with E-state index in [1.54, 1.807) is 12.1 Å². The summed E-state index contributed by atoms with van der Waals surface area (Å²) in [4.78, 5) is 0. The number of hydrogen-bond acceptors (Lipinski definition) is 5. The standard InChI is InChI=1S/C14H22O5S/c1-9-6-7-11(12(8-9)18-14(3,4)5)13(10(2)15)19-20(16)17/h6-8,10,13,15H,1-5H3,(H,16,17)/p-1. The molecule has 1 N–H and O–H groups in total. The van der Waals surface area contributed by atoms with E-state index >= 15 is 0 Å². The lowest BCUT2D eigenvalue weighted by atomic mass is 10.0. The van der Waals surface area contributed by atoms with Gasteiger partial charge in [0.1, 0.15) is 17.5 Å². The summed E-state index contributed by atoms with van der Waals surface area (Å²) in [5.41, 5.74) is 1.04. The molecule has 3 unspecified atom stereocenters. The van der Waals surface area contributed by atoms with Gasteiger partial charge >= 0.3 is 0 Å². The molecule has 0 fully saturated rings. The molecule has 0 aromatic heterocycles. The molecule has 0 amide bonds. The van der Waals surface area contributed by atoms with Crippen molar-refractivity contribution in [1.29, 1.82) is 0 Å². The van der Waals surface area contributed by atoms with Gasteiger partial charge in [0.25, 0.3) is 0 Å². The number of aliphatic hydroxyl groups is 1. The van der Waals surface area contributed by atoms with E-state index in [1.807, 2.05) is 33.8 Å². The van der Waals surface area contributed by atoms with Crippen LogP contribution in [0.5, 0.6) is 5.75 Å². The average molecular weight is 301 g/mol. The van der Waals surface area contributed by atoms with E-state index in [-0.39, 0.29) is 0 Å². The van der Waals surface area contributed by atoms with Crippen LogP contribution in [0.25, 0.3) is 0 Å². The first kappa shape index (κ1) is 17.1. The zero-order valence-corrected chi connectivity index (χ0v) is 13.2. The fourth-order valence-corrected chi connectivity index (χ4v) is 2.21. The summed E-state index contributed by atoms with van der Waals surface area (Å²) in [6.45, 7) is 9.05. The zero-order chi connectivity index (χ0) is 15.5. The highest BCUT2D eigenvalue weighted by molar-refractivity contribution is 7.74. The van der Waals surface area contributed by atoms with Gasteiger partial charge in [-0.15, -0.1) is 0 Å². The van der Waals surface area contributed by atoms with Crippen molar-refractivity contribution < 1.29 is 22.8 Å². The van der Waals surface area contributed by atoms with Gasteiger partial charge in [-0.05, 0) is 46.2 Å². The first-order chi connectivity index (χ1) is 9.10. The van der Waals surface area contributed by atoms with Crippen molar-refractivity contribution in [3.05, 3.63) is 29.3 Å². The highest BCUT2D eigenvalue weighted by atomic mass is 32.2. The third-order valence-corrected chi connectivity index (χ3v) is 2.88. The maximum Gasteiger partial charge on any atom is 0.128 e. The Morgan fingerprint density at radius 3 is 2.40 bits per heavy atom. The van der Waals surface area contributed by atoms with Gasteiger partial charge in [-0.25, -0.2) is 4.21 Å². The van der Waals surface area contributed by atoms with Gasteiger partial charge in [-0.1, -0.05) is 12.1 Å². The van der Waals surface area contributed by atoms with Crippen molar-refractivity contribution >= 4 is 11.4 Å². The highest BCUT2D eigenvalue weighted by Crippen LogP contribution is 2.33. The molecule has 114 valence electrons. The van der Waals surface area contributed by atoms with Gasteiger partial charge in [-0.3, -0.25) is 4.18 Å². The molecular weight excluding hydrogens is 280 g/mol. The second kappa shape index (κ2) is 6.67. The van der Waals surface area contributed by atoms with Gasteiger partial charge in [-0.2, -0.15) is 0 Å². The van der Waals surface area contributed by atoms with E-state index < -0.39 is 29.2 Å². The van der Waals surface area contributed by atoms with Crippen LogP contribution in [0.3, 0.4) is 0 Å². The van der Waals surface area contributed by atoms with Crippen molar-refractivity contribution in [1.82, 2.24) is 0 Å². The molecule has 6 heteroatoms. The van der Waals surface area contributed by atoms with Crippen LogP contribution in [0, 0.1) is 6.92 Å². The quantitative estimate of drug-likeness (QED) is 0.845. The third kappa shape index (κ3) is 5.20. The Balaban J connectivity index is 3.23. The van der Waals surface area contributed by atoms with E-state index in [4.69, 9.17) is 8.92 Å². The lowest BCUT2D eigenvalue weighted by Crippen LogP contribution is -2.26. The largest absolute Gasteiger partial charge is 0.750 e. The summed E-state index contributed by atoms with van der Waals surface area (Å²) in [5.74, 6) is 0.508. The SMILES string of the molecule is Cc1ccc(C(OS(=O)[O-])C(C)O)c(OC(C)(C)C)c1. The molecule has 0 aliphatic rings. The molecule has 3 atom stereocenters. The van der Waals surface area contributed by atoms with Gasteiger partial charge in [0, 0.05) is 5.56 Å². The van der Waals surface area contributed by atoms with Crippen LogP contribution < -0.4 is 4.74 Å². The predicted molar refractivity (Wildman–Crippen MR) is 76.0 cm³/mol. The predicted octanol–water partition coefficient (Wildman–Crippen LogP) is 2.40. The van der Waals surface area contributed by atoms with Crippen LogP contribution in [0.4, 0.5) is 0 Å². The zero-order valence-electron chi connectivity index (χ0n) is 12.4. The fraction of sp³-hybridized carbons (Fsp3) is 0.571. The lowest BCUT2D eigenvalue weighted by Gasteiger charge is -2.28. The van der Waals surface area contributed by atoms with Crippen LogP contribution in [0.1, 0.15) is 44.9 Å². The number of aliphatic hydroxyl groups excluding tert-OH is 1. The molecule has 5 nitrogen and oxygen atoms in total. The molecule has 1 rings (SSSR count). The molecule has 0 saturated heterocycles. The Hall–Kier alpha value is -0.950. The molecule has 0 radical (unpaired) electrons. The van der Waals surface area contributed by atoms with Crippen molar-refractivity contribution in [3.63, 3.8) is 0 Å². The van der Waals surface area contributed by atoms with Crippen LogP contribution >= 0.6 is 0 Å². The molecule has 20 heavy (non-hydrogen) atoms. The molecule has 0 heterocycles. The Kier molecular flexibility index (Phi) is 5.70. The highest BCUT2D eigenvalue weighted by Gasteiger charge is 2.25.